The minimum atomic E-state index is -0.126. The fourth-order valence-corrected chi connectivity index (χ4v) is 4.38. The Bertz CT molecular complexity index is 797. The third-order valence-electron chi connectivity index (χ3n) is 3.91. The number of methoxy groups -OCH3 is 1. The van der Waals surface area contributed by atoms with Crippen molar-refractivity contribution in [3.63, 3.8) is 0 Å². The summed E-state index contributed by atoms with van der Waals surface area (Å²) in [5.41, 5.74) is 0.744. The van der Waals surface area contributed by atoms with Crippen molar-refractivity contribution in [3.05, 3.63) is 34.8 Å². The number of carbonyl (C=O) groups excluding carboxylic acids is 2. The zero-order valence-corrected chi connectivity index (χ0v) is 16.1. The summed E-state index contributed by atoms with van der Waals surface area (Å²) < 4.78 is 5.11. The SMILES string of the molecule is COc1ccc(SCC(=O)Nc2nc3c(s2)C(=O)CC(C)(C)C3)cc1. The van der Waals surface area contributed by atoms with E-state index in [1.54, 1.807) is 7.11 Å². The van der Waals surface area contributed by atoms with E-state index in [1.165, 1.54) is 23.1 Å². The number of Topliss-reactive ketones (excluding diaryl/α,β-unsaturated/α-hetero) is 1. The number of ketones is 1. The molecule has 0 fully saturated rings. The minimum absolute atomic E-state index is 0.0658. The van der Waals surface area contributed by atoms with Gasteiger partial charge in [0.2, 0.25) is 5.91 Å². The van der Waals surface area contributed by atoms with Crippen molar-refractivity contribution >= 4 is 39.9 Å². The van der Waals surface area contributed by atoms with E-state index in [1.807, 2.05) is 24.3 Å². The molecule has 2 aromatic rings. The van der Waals surface area contributed by atoms with Crippen LogP contribution in [0.2, 0.25) is 0 Å². The molecule has 132 valence electrons. The second kappa shape index (κ2) is 7.17. The van der Waals surface area contributed by atoms with Gasteiger partial charge in [-0.3, -0.25) is 9.59 Å². The number of thiazole rings is 1. The smallest absolute Gasteiger partial charge is 0.236 e. The van der Waals surface area contributed by atoms with Crippen molar-refractivity contribution in [1.82, 2.24) is 4.98 Å². The molecule has 0 atom stereocenters. The molecule has 7 heteroatoms. The maximum atomic E-state index is 12.2. The van der Waals surface area contributed by atoms with Crippen LogP contribution in [-0.4, -0.2) is 29.5 Å². The molecular weight excluding hydrogens is 356 g/mol. The Hall–Kier alpha value is -1.86. The Kier molecular flexibility index (Phi) is 5.15. The van der Waals surface area contributed by atoms with E-state index in [0.717, 1.165) is 22.8 Å². The van der Waals surface area contributed by atoms with Crippen LogP contribution in [0.15, 0.2) is 29.2 Å². The summed E-state index contributed by atoms with van der Waals surface area (Å²) in [6.45, 7) is 4.13. The fourth-order valence-electron chi connectivity index (χ4n) is 2.75. The van der Waals surface area contributed by atoms with Gasteiger partial charge in [0.25, 0.3) is 0 Å². The van der Waals surface area contributed by atoms with Gasteiger partial charge < -0.3 is 10.1 Å². The molecule has 0 unspecified atom stereocenters. The Balaban J connectivity index is 1.59. The molecule has 1 heterocycles. The molecule has 0 spiro atoms. The summed E-state index contributed by atoms with van der Waals surface area (Å²) in [5, 5.41) is 3.32. The van der Waals surface area contributed by atoms with E-state index < -0.39 is 0 Å². The fraction of sp³-hybridized carbons (Fsp3) is 0.389. The predicted octanol–water partition coefficient (Wildman–Crippen LogP) is 4.04. The van der Waals surface area contributed by atoms with Gasteiger partial charge in [-0.15, -0.1) is 11.8 Å². The van der Waals surface area contributed by atoms with Gasteiger partial charge in [0.05, 0.1) is 23.4 Å². The van der Waals surface area contributed by atoms with Crippen molar-refractivity contribution < 1.29 is 14.3 Å². The lowest BCUT2D eigenvalue weighted by Crippen LogP contribution is -2.26. The average molecular weight is 377 g/mol. The number of thioether (sulfide) groups is 1. The first-order valence-electron chi connectivity index (χ1n) is 7.96. The summed E-state index contributed by atoms with van der Waals surface area (Å²) in [4.78, 5) is 30.5. The van der Waals surface area contributed by atoms with Crippen LogP contribution in [0.4, 0.5) is 5.13 Å². The van der Waals surface area contributed by atoms with Gasteiger partial charge in [-0.25, -0.2) is 4.98 Å². The summed E-state index contributed by atoms with van der Waals surface area (Å²) in [7, 11) is 1.62. The number of carbonyl (C=O) groups is 2. The topological polar surface area (TPSA) is 68.3 Å². The summed E-state index contributed by atoms with van der Waals surface area (Å²) >= 11 is 2.73. The van der Waals surface area contributed by atoms with Crippen molar-refractivity contribution in [3.8, 4) is 5.75 Å². The zero-order valence-electron chi connectivity index (χ0n) is 14.4. The number of hydrogen-bond acceptors (Lipinski definition) is 6. The largest absolute Gasteiger partial charge is 0.497 e. The van der Waals surface area contributed by atoms with Crippen LogP contribution in [0.25, 0.3) is 0 Å². The normalized spacial score (nSPS) is 15.6. The van der Waals surface area contributed by atoms with Crippen LogP contribution >= 0.6 is 23.1 Å². The molecule has 5 nitrogen and oxygen atoms in total. The quantitative estimate of drug-likeness (QED) is 0.798. The third-order valence-corrected chi connectivity index (χ3v) is 5.98. The number of nitrogens with zero attached hydrogens (tertiary/aromatic N) is 1. The molecule has 25 heavy (non-hydrogen) atoms. The molecule has 0 saturated carbocycles. The van der Waals surface area contributed by atoms with E-state index in [0.29, 0.717) is 16.4 Å². The average Bonchev–Trinajstić information content (AvgIpc) is 2.94. The van der Waals surface area contributed by atoms with Crippen molar-refractivity contribution in [2.45, 2.75) is 31.6 Å². The molecule has 0 aliphatic heterocycles. The molecule has 0 radical (unpaired) electrons. The molecule has 1 amide bonds. The van der Waals surface area contributed by atoms with Gasteiger partial charge in [0.1, 0.15) is 5.75 Å². The zero-order chi connectivity index (χ0) is 18.0. The van der Waals surface area contributed by atoms with Crippen LogP contribution in [0.5, 0.6) is 5.75 Å². The highest BCUT2D eigenvalue weighted by Crippen LogP contribution is 2.38. The van der Waals surface area contributed by atoms with Gasteiger partial charge in [-0.2, -0.15) is 0 Å². The van der Waals surface area contributed by atoms with E-state index in [4.69, 9.17) is 4.74 Å². The Morgan fingerprint density at radius 3 is 2.72 bits per heavy atom. The Morgan fingerprint density at radius 1 is 1.32 bits per heavy atom. The summed E-state index contributed by atoms with van der Waals surface area (Å²) in [6, 6.07) is 7.56. The number of amides is 1. The van der Waals surface area contributed by atoms with E-state index >= 15 is 0 Å². The number of hydrogen-bond donors (Lipinski definition) is 1. The highest BCUT2D eigenvalue weighted by atomic mass is 32.2. The Morgan fingerprint density at radius 2 is 2.04 bits per heavy atom. The lowest BCUT2D eigenvalue weighted by molar-refractivity contribution is -0.113. The Labute approximate surface area is 155 Å². The van der Waals surface area contributed by atoms with Crippen molar-refractivity contribution in [1.29, 1.82) is 0 Å². The maximum absolute atomic E-state index is 12.2. The number of nitrogens with one attached hydrogen (secondary N) is 1. The minimum Gasteiger partial charge on any atom is -0.497 e. The van der Waals surface area contributed by atoms with Gasteiger partial charge in [-0.05, 0) is 36.1 Å². The van der Waals surface area contributed by atoms with Crippen molar-refractivity contribution in [2.24, 2.45) is 5.41 Å². The molecular formula is C18H20N2O3S2. The van der Waals surface area contributed by atoms with Gasteiger partial charge in [0.15, 0.2) is 10.9 Å². The first-order valence-corrected chi connectivity index (χ1v) is 9.76. The monoisotopic (exact) mass is 376 g/mol. The van der Waals surface area contributed by atoms with Crippen LogP contribution < -0.4 is 10.1 Å². The first kappa shape index (κ1) is 17.9. The summed E-state index contributed by atoms with van der Waals surface area (Å²) in [6.07, 6.45) is 1.30. The number of ether oxygens (including phenoxy) is 1. The molecule has 0 bridgehead atoms. The van der Waals surface area contributed by atoms with Crippen molar-refractivity contribution in [2.75, 3.05) is 18.2 Å². The van der Waals surface area contributed by atoms with Gasteiger partial charge in [-0.1, -0.05) is 25.2 Å². The summed E-state index contributed by atoms with van der Waals surface area (Å²) in [5.74, 6) is 1.07. The third kappa shape index (κ3) is 4.41. The molecule has 3 rings (SSSR count). The van der Waals surface area contributed by atoms with Crippen LogP contribution in [-0.2, 0) is 11.2 Å². The lowest BCUT2D eigenvalue weighted by Gasteiger charge is -2.26. The van der Waals surface area contributed by atoms with Crippen LogP contribution in [0, 0.1) is 5.41 Å². The van der Waals surface area contributed by atoms with Crippen LogP contribution in [0.3, 0.4) is 0 Å². The second-order valence-corrected chi connectivity index (χ2v) is 8.80. The molecule has 1 N–H and O–H groups in total. The molecule has 1 aromatic carbocycles. The molecule has 1 aliphatic carbocycles. The van der Waals surface area contributed by atoms with E-state index in [2.05, 4.69) is 24.1 Å². The molecule has 1 aromatic heterocycles. The number of fused-ring (bicyclic) bond motifs is 1. The number of benzene rings is 1. The first-order chi connectivity index (χ1) is 11.9. The van der Waals surface area contributed by atoms with Gasteiger partial charge >= 0.3 is 0 Å². The predicted molar refractivity (Wildman–Crippen MR) is 101 cm³/mol. The van der Waals surface area contributed by atoms with E-state index in [9.17, 15) is 9.59 Å². The van der Waals surface area contributed by atoms with Gasteiger partial charge in [0, 0.05) is 11.3 Å². The molecule has 0 saturated heterocycles. The number of aromatic nitrogens is 1. The highest BCUT2D eigenvalue weighted by molar-refractivity contribution is 8.00. The number of anilines is 1. The second-order valence-electron chi connectivity index (χ2n) is 6.75. The molecule has 1 aliphatic rings. The number of rotatable bonds is 5. The van der Waals surface area contributed by atoms with Crippen LogP contribution in [0.1, 0.15) is 35.6 Å². The van der Waals surface area contributed by atoms with E-state index in [-0.39, 0.29) is 22.9 Å². The maximum Gasteiger partial charge on any atom is 0.236 e. The highest BCUT2D eigenvalue weighted by Gasteiger charge is 2.34. The lowest BCUT2D eigenvalue weighted by atomic mass is 9.78. The standard InChI is InChI=1S/C18H20N2O3S2/c1-18(2)8-13-16(14(21)9-18)25-17(19-13)20-15(22)10-24-12-6-4-11(23-3)5-7-12/h4-7H,8-10H2,1-3H3,(H,19,20,22).